The fraction of sp³-hybridized carbons (Fsp3) is 0.261. The first kappa shape index (κ1) is 17.7. The van der Waals surface area contributed by atoms with Crippen LogP contribution in [-0.2, 0) is 6.54 Å². The first-order chi connectivity index (χ1) is 14.0. The Morgan fingerprint density at radius 3 is 2.45 bits per heavy atom. The molecule has 2 aromatic heterocycles. The zero-order valence-corrected chi connectivity index (χ0v) is 16.5. The Kier molecular flexibility index (Phi) is 4.01. The maximum absolute atomic E-state index is 13.3. The van der Waals surface area contributed by atoms with E-state index in [2.05, 4.69) is 11.1 Å². The smallest absolute Gasteiger partial charge is 0.320 e. The molecule has 0 radical (unpaired) electrons. The lowest BCUT2D eigenvalue weighted by Gasteiger charge is -2.12. The summed E-state index contributed by atoms with van der Waals surface area (Å²) in [6.45, 7) is 4.58. The van der Waals surface area contributed by atoms with E-state index in [0.717, 1.165) is 29.7 Å². The van der Waals surface area contributed by atoms with E-state index in [1.54, 1.807) is 10.9 Å². The summed E-state index contributed by atoms with van der Waals surface area (Å²) in [6, 6.07) is 15.9. The molecule has 0 spiro atoms. The average Bonchev–Trinajstić information content (AvgIpc) is 3.44. The maximum atomic E-state index is 13.3. The normalized spacial score (nSPS) is 13.9. The molecule has 29 heavy (non-hydrogen) atoms. The number of hydrogen-bond donors (Lipinski definition) is 0. The molecule has 2 aromatic carbocycles. The summed E-state index contributed by atoms with van der Waals surface area (Å²) in [7, 11) is 0. The topological polar surface area (TPSA) is 61.8 Å². The van der Waals surface area contributed by atoms with Gasteiger partial charge in [0.15, 0.2) is 11.2 Å². The van der Waals surface area contributed by atoms with E-state index in [4.69, 9.17) is 0 Å². The molecule has 1 aliphatic carbocycles. The van der Waals surface area contributed by atoms with Gasteiger partial charge in [-0.25, -0.2) is 14.3 Å². The number of imidazole rings is 1. The lowest BCUT2D eigenvalue weighted by Crippen LogP contribution is -2.39. The molecule has 1 saturated carbocycles. The molecule has 0 bridgehead atoms. The van der Waals surface area contributed by atoms with Crippen molar-refractivity contribution in [3.05, 3.63) is 92.4 Å². The first-order valence-corrected chi connectivity index (χ1v) is 9.88. The predicted octanol–water partition coefficient (Wildman–Crippen LogP) is 3.35. The van der Waals surface area contributed by atoms with Crippen molar-refractivity contribution < 1.29 is 0 Å². The molecule has 6 nitrogen and oxygen atoms in total. The number of benzene rings is 2. The van der Waals surface area contributed by atoms with Crippen LogP contribution in [0.5, 0.6) is 0 Å². The Balaban J connectivity index is 1.77. The number of nitrogens with zero attached hydrogens (tertiary/aromatic N) is 4. The third-order valence-corrected chi connectivity index (χ3v) is 5.49. The highest BCUT2D eigenvalue weighted by molar-refractivity contribution is 5.72. The van der Waals surface area contributed by atoms with Crippen molar-refractivity contribution in [1.82, 2.24) is 18.7 Å². The van der Waals surface area contributed by atoms with Crippen molar-refractivity contribution in [2.24, 2.45) is 0 Å². The van der Waals surface area contributed by atoms with E-state index in [0.29, 0.717) is 17.7 Å². The van der Waals surface area contributed by atoms with Gasteiger partial charge in [-0.3, -0.25) is 9.36 Å². The molecule has 146 valence electrons. The molecule has 0 N–H and O–H groups in total. The highest BCUT2D eigenvalue weighted by Gasteiger charge is 2.30. The molecule has 6 heteroatoms. The summed E-state index contributed by atoms with van der Waals surface area (Å²) >= 11 is 0. The molecule has 0 amide bonds. The minimum Gasteiger partial charge on any atom is -0.320 e. The van der Waals surface area contributed by atoms with Gasteiger partial charge in [-0.1, -0.05) is 47.5 Å². The Bertz CT molecular complexity index is 1340. The Morgan fingerprint density at radius 2 is 1.76 bits per heavy atom. The number of rotatable bonds is 4. The summed E-state index contributed by atoms with van der Waals surface area (Å²) in [5, 5.41) is 0. The lowest BCUT2D eigenvalue weighted by molar-refractivity contribution is 0.639. The summed E-state index contributed by atoms with van der Waals surface area (Å²) in [5.41, 5.74) is 4.41. The van der Waals surface area contributed by atoms with Crippen LogP contribution in [0, 0.1) is 13.8 Å². The van der Waals surface area contributed by atoms with Gasteiger partial charge in [-0.15, -0.1) is 0 Å². The molecular formula is C23H22N4O2. The van der Waals surface area contributed by atoms with Crippen LogP contribution in [0.1, 0.15) is 35.6 Å². The van der Waals surface area contributed by atoms with E-state index in [9.17, 15) is 9.59 Å². The molecule has 1 aliphatic rings. The summed E-state index contributed by atoms with van der Waals surface area (Å²) in [4.78, 5) is 31.0. The van der Waals surface area contributed by atoms with Crippen LogP contribution < -0.4 is 11.2 Å². The summed E-state index contributed by atoms with van der Waals surface area (Å²) < 4.78 is 4.84. The number of fused-ring (bicyclic) bond motifs is 1. The second-order valence-electron chi connectivity index (χ2n) is 7.89. The molecule has 0 unspecified atom stereocenters. The number of aromatic nitrogens is 4. The minimum atomic E-state index is -0.311. The van der Waals surface area contributed by atoms with Crippen molar-refractivity contribution in [3.63, 3.8) is 0 Å². The van der Waals surface area contributed by atoms with Gasteiger partial charge in [0.25, 0.3) is 5.56 Å². The molecule has 0 saturated heterocycles. The molecule has 1 fully saturated rings. The standard InChI is InChI=1S/C23H22N4O2/c1-15-6-8-18(9-7-15)26-21-20(22(28)27(23(26)29)19-10-11-19)25(14-24-21)13-17-5-3-4-16(2)12-17/h3-9,12,14,19H,10-11,13H2,1-2H3. The quantitative estimate of drug-likeness (QED) is 0.540. The Morgan fingerprint density at radius 1 is 1.00 bits per heavy atom. The highest BCUT2D eigenvalue weighted by atomic mass is 16.2. The van der Waals surface area contributed by atoms with E-state index in [-0.39, 0.29) is 17.3 Å². The van der Waals surface area contributed by atoms with Gasteiger partial charge in [0.1, 0.15) is 0 Å². The fourth-order valence-electron chi connectivity index (χ4n) is 3.86. The Labute approximate surface area is 167 Å². The summed E-state index contributed by atoms with van der Waals surface area (Å²) in [5.74, 6) is 0. The SMILES string of the molecule is Cc1ccc(-n2c(=O)n(C3CC3)c(=O)c3c2ncn3Cc2cccc(C)c2)cc1. The van der Waals surface area contributed by atoms with Crippen LogP contribution in [0.4, 0.5) is 0 Å². The third-order valence-electron chi connectivity index (χ3n) is 5.49. The van der Waals surface area contributed by atoms with Crippen LogP contribution in [0.3, 0.4) is 0 Å². The second-order valence-corrected chi connectivity index (χ2v) is 7.89. The van der Waals surface area contributed by atoms with Gasteiger partial charge in [-0.2, -0.15) is 0 Å². The molecule has 2 heterocycles. The molecule has 0 aliphatic heterocycles. The zero-order chi connectivity index (χ0) is 20.1. The van der Waals surface area contributed by atoms with Crippen LogP contribution in [0.2, 0.25) is 0 Å². The van der Waals surface area contributed by atoms with Gasteiger partial charge < -0.3 is 4.57 Å². The van der Waals surface area contributed by atoms with E-state index in [1.165, 1.54) is 10.1 Å². The molecule has 4 aromatic rings. The van der Waals surface area contributed by atoms with E-state index >= 15 is 0 Å². The van der Waals surface area contributed by atoms with E-state index in [1.807, 2.05) is 60.9 Å². The van der Waals surface area contributed by atoms with Crippen molar-refractivity contribution in [3.8, 4) is 5.69 Å². The maximum Gasteiger partial charge on any atom is 0.337 e. The van der Waals surface area contributed by atoms with Gasteiger partial charge in [0.05, 0.1) is 12.0 Å². The van der Waals surface area contributed by atoms with Gasteiger partial charge in [-0.05, 0) is 44.4 Å². The summed E-state index contributed by atoms with van der Waals surface area (Å²) in [6.07, 6.45) is 3.39. The van der Waals surface area contributed by atoms with Crippen LogP contribution >= 0.6 is 0 Å². The fourth-order valence-corrected chi connectivity index (χ4v) is 3.86. The van der Waals surface area contributed by atoms with Crippen LogP contribution in [0.25, 0.3) is 16.9 Å². The second kappa shape index (κ2) is 6.58. The highest BCUT2D eigenvalue weighted by Crippen LogP contribution is 2.32. The molecule has 5 rings (SSSR count). The zero-order valence-electron chi connectivity index (χ0n) is 16.5. The lowest BCUT2D eigenvalue weighted by atomic mass is 10.1. The molecular weight excluding hydrogens is 364 g/mol. The van der Waals surface area contributed by atoms with Crippen LogP contribution in [-0.4, -0.2) is 18.7 Å². The van der Waals surface area contributed by atoms with Crippen molar-refractivity contribution >= 4 is 11.2 Å². The number of aryl methyl sites for hydroxylation is 2. The van der Waals surface area contributed by atoms with Crippen molar-refractivity contribution in [2.45, 2.75) is 39.3 Å². The van der Waals surface area contributed by atoms with E-state index < -0.39 is 0 Å². The predicted molar refractivity (Wildman–Crippen MR) is 113 cm³/mol. The third kappa shape index (κ3) is 3.01. The van der Waals surface area contributed by atoms with Crippen molar-refractivity contribution in [2.75, 3.05) is 0 Å². The van der Waals surface area contributed by atoms with Gasteiger partial charge in [0, 0.05) is 12.6 Å². The Hall–Kier alpha value is -3.41. The van der Waals surface area contributed by atoms with Crippen LogP contribution in [0.15, 0.2) is 64.4 Å². The average molecular weight is 386 g/mol. The minimum absolute atomic E-state index is 0.0154. The van der Waals surface area contributed by atoms with Crippen molar-refractivity contribution in [1.29, 1.82) is 0 Å². The molecule has 0 atom stereocenters. The van der Waals surface area contributed by atoms with Gasteiger partial charge in [0.2, 0.25) is 0 Å². The first-order valence-electron chi connectivity index (χ1n) is 9.88. The largest absolute Gasteiger partial charge is 0.337 e. The van der Waals surface area contributed by atoms with Gasteiger partial charge >= 0.3 is 5.69 Å². The monoisotopic (exact) mass is 386 g/mol. The number of hydrogen-bond acceptors (Lipinski definition) is 3.